The molecule has 0 heteroatoms. The quantitative estimate of drug-likeness (QED) is 0.563. The van der Waals surface area contributed by atoms with Crippen LogP contribution in [0.3, 0.4) is 0 Å². The van der Waals surface area contributed by atoms with Gasteiger partial charge in [-0.3, -0.25) is 0 Å². The van der Waals surface area contributed by atoms with Gasteiger partial charge in [-0.2, -0.15) is 0 Å². The highest BCUT2D eigenvalue weighted by Crippen LogP contribution is 2.85. The molecule has 15 heavy (non-hydrogen) atoms. The number of hydrogen-bond acceptors (Lipinski definition) is 0. The lowest BCUT2D eigenvalue weighted by Crippen LogP contribution is -2.41. The molecule has 4 fully saturated rings. The summed E-state index contributed by atoms with van der Waals surface area (Å²) in [5.41, 5.74) is 3.00. The molecule has 4 aliphatic rings. The van der Waals surface area contributed by atoms with Crippen LogP contribution in [0.4, 0.5) is 0 Å². The molecule has 2 bridgehead atoms. The Morgan fingerprint density at radius 1 is 1.20 bits per heavy atom. The second-order valence-electron chi connectivity index (χ2n) is 7.32. The molecule has 4 rings (SSSR count). The van der Waals surface area contributed by atoms with Gasteiger partial charge < -0.3 is 0 Å². The lowest BCUT2D eigenvalue weighted by Gasteiger charge is -2.47. The van der Waals surface area contributed by atoms with Gasteiger partial charge in [0.15, 0.2) is 0 Å². The third-order valence-corrected chi connectivity index (χ3v) is 6.42. The van der Waals surface area contributed by atoms with Crippen molar-refractivity contribution in [3.05, 3.63) is 11.6 Å². The fraction of sp³-hybridized carbons (Fsp3) is 0.867. The number of allylic oxidation sites excluding steroid dienone is 2. The molecule has 1 spiro atoms. The normalized spacial score (nSPS) is 63.1. The first-order chi connectivity index (χ1) is 7.06. The third-order valence-electron chi connectivity index (χ3n) is 6.42. The van der Waals surface area contributed by atoms with Gasteiger partial charge >= 0.3 is 0 Å². The van der Waals surface area contributed by atoms with E-state index in [0.717, 1.165) is 23.2 Å². The van der Waals surface area contributed by atoms with Crippen molar-refractivity contribution in [3.63, 3.8) is 0 Å². The summed E-state index contributed by atoms with van der Waals surface area (Å²) in [6, 6.07) is 0. The lowest BCUT2D eigenvalue weighted by atomic mass is 9.57. The second kappa shape index (κ2) is 2.21. The number of fused-ring (bicyclic) bond motifs is 1. The molecule has 0 nitrogen and oxygen atoms in total. The number of rotatable bonds is 1. The minimum Gasteiger partial charge on any atom is -0.0799 e. The van der Waals surface area contributed by atoms with Crippen molar-refractivity contribution in [2.45, 2.75) is 46.5 Å². The van der Waals surface area contributed by atoms with E-state index in [4.69, 9.17) is 0 Å². The predicted molar refractivity (Wildman–Crippen MR) is 62.4 cm³/mol. The van der Waals surface area contributed by atoms with E-state index < -0.39 is 0 Å². The van der Waals surface area contributed by atoms with E-state index in [2.05, 4.69) is 26.8 Å². The summed E-state index contributed by atoms with van der Waals surface area (Å²) in [7, 11) is 0. The first kappa shape index (κ1) is 8.84. The van der Waals surface area contributed by atoms with Crippen LogP contribution in [0.2, 0.25) is 0 Å². The molecule has 0 aromatic rings. The molecule has 0 aromatic heterocycles. The standard InChI is InChI=1S/C15H22/c1-9(2)6-14(3)11-4-10-7-15(8-13(14)15)12(10)5-11/h6,10-13H,4-5,7-8H2,1-3H3. The molecular weight excluding hydrogens is 180 g/mol. The van der Waals surface area contributed by atoms with Gasteiger partial charge in [-0.25, -0.2) is 0 Å². The summed E-state index contributed by atoms with van der Waals surface area (Å²) in [5.74, 6) is 4.42. The minimum absolute atomic E-state index is 0.584. The summed E-state index contributed by atoms with van der Waals surface area (Å²) < 4.78 is 0. The van der Waals surface area contributed by atoms with E-state index in [1.165, 1.54) is 5.92 Å². The lowest BCUT2D eigenvalue weighted by molar-refractivity contribution is 0.0239. The molecule has 0 aliphatic heterocycles. The highest BCUT2D eigenvalue weighted by atomic mass is 14.8. The molecule has 82 valence electrons. The van der Waals surface area contributed by atoms with E-state index in [9.17, 15) is 0 Å². The molecule has 0 radical (unpaired) electrons. The topological polar surface area (TPSA) is 0 Å². The van der Waals surface area contributed by atoms with Crippen LogP contribution in [-0.4, -0.2) is 0 Å². The van der Waals surface area contributed by atoms with Gasteiger partial charge in [0.25, 0.3) is 0 Å². The summed E-state index contributed by atoms with van der Waals surface area (Å²) in [5, 5.41) is 0. The summed E-state index contributed by atoms with van der Waals surface area (Å²) in [6.07, 6.45) is 8.94. The van der Waals surface area contributed by atoms with E-state index in [1.807, 2.05) is 0 Å². The van der Waals surface area contributed by atoms with Gasteiger partial charge in [0.2, 0.25) is 0 Å². The summed E-state index contributed by atoms with van der Waals surface area (Å²) in [4.78, 5) is 0. The first-order valence-corrected chi connectivity index (χ1v) is 6.72. The van der Waals surface area contributed by atoms with Gasteiger partial charge in [-0.1, -0.05) is 18.6 Å². The van der Waals surface area contributed by atoms with Crippen LogP contribution in [0.1, 0.15) is 46.5 Å². The van der Waals surface area contributed by atoms with Crippen LogP contribution >= 0.6 is 0 Å². The Balaban J connectivity index is 1.79. The Morgan fingerprint density at radius 2 is 2.00 bits per heavy atom. The van der Waals surface area contributed by atoms with Gasteiger partial charge in [-0.05, 0) is 74.0 Å². The molecule has 0 aromatic carbocycles. The van der Waals surface area contributed by atoms with Crippen LogP contribution < -0.4 is 0 Å². The number of hydrogen-bond donors (Lipinski definition) is 0. The summed E-state index contributed by atoms with van der Waals surface area (Å²) in [6.45, 7) is 7.14. The van der Waals surface area contributed by atoms with Gasteiger partial charge in [0.05, 0.1) is 0 Å². The average molecular weight is 202 g/mol. The van der Waals surface area contributed by atoms with Crippen molar-refractivity contribution >= 4 is 0 Å². The third kappa shape index (κ3) is 0.797. The van der Waals surface area contributed by atoms with Crippen molar-refractivity contribution in [2.75, 3.05) is 0 Å². The Labute approximate surface area is 93.1 Å². The minimum atomic E-state index is 0.584. The second-order valence-corrected chi connectivity index (χ2v) is 7.32. The molecule has 6 atom stereocenters. The molecule has 4 aliphatic carbocycles. The summed E-state index contributed by atoms with van der Waals surface area (Å²) >= 11 is 0. The Hall–Kier alpha value is -0.260. The zero-order valence-corrected chi connectivity index (χ0v) is 10.2. The van der Waals surface area contributed by atoms with Crippen molar-refractivity contribution in [2.24, 2.45) is 34.5 Å². The van der Waals surface area contributed by atoms with E-state index in [1.54, 1.807) is 31.3 Å². The zero-order chi connectivity index (χ0) is 10.4. The highest BCUT2D eigenvalue weighted by molar-refractivity contribution is 5.31. The molecule has 0 amide bonds. The maximum atomic E-state index is 2.63. The molecule has 6 unspecified atom stereocenters. The van der Waals surface area contributed by atoms with Gasteiger partial charge in [0.1, 0.15) is 0 Å². The largest absolute Gasteiger partial charge is 0.0799 e. The zero-order valence-electron chi connectivity index (χ0n) is 10.2. The van der Waals surface area contributed by atoms with Crippen molar-refractivity contribution in [1.29, 1.82) is 0 Å². The predicted octanol–water partition coefficient (Wildman–Crippen LogP) is 4.02. The van der Waals surface area contributed by atoms with Crippen LogP contribution in [0.5, 0.6) is 0 Å². The maximum absolute atomic E-state index is 2.63. The van der Waals surface area contributed by atoms with Gasteiger partial charge in [-0.15, -0.1) is 0 Å². The SMILES string of the molecule is CC(C)=CC1(C)C2CC3CC4(CC14)C3C2. The van der Waals surface area contributed by atoms with Gasteiger partial charge in [0, 0.05) is 0 Å². The smallest absolute Gasteiger partial charge is 0.00818 e. The monoisotopic (exact) mass is 202 g/mol. The fourth-order valence-electron chi connectivity index (χ4n) is 5.96. The van der Waals surface area contributed by atoms with E-state index in [0.29, 0.717) is 5.41 Å². The molecular formula is C15H22. The van der Waals surface area contributed by atoms with Crippen LogP contribution in [0.25, 0.3) is 0 Å². The Kier molecular flexibility index (Phi) is 1.30. The van der Waals surface area contributed by atoms with E-state index in [-0.39, 0.29) is 0 Å². The Morgan fingerprint density at radius 3 is 2.73 bits per heavy atom. The molecule has 0 N–H and O–H groups in total. The van der Waals surface area contributed by atoms with Crippen LogP contribution in [-0.2, 0) is 0 Å². The first-order valence-electron chi connectivity index (χ1n) is 6.72. The molecule has 0 heterocycles. The van der Waals surface area contributed by atoms with Crippen LogP contribution in [0, 0.1) is 34.5 Å². The van der Waals surface area contributed by atoms with Crippen LogP contribution in [0.15, 0.2) is 11.6 Å². The molecule has 4 saturated carbocycles. The van der Waals surface area contributed by atoms with E-state index >= 15 is 0 Å². The Bertz CT molecular complexity index is 358. The highest BCUT2D eigenvalue weighted by Gasteiger charge is 2.78. The molecule has 0 saturated heterocycles. The fourth-order valence-corrected chi connectivity index (χ4v) is 5.96. The van der Waals surface area contributed by atoms with Crippen molar-refractivity contribution < 1.29 is 0 Å². The average Bonchev–Trinajstić information content (AvgIpc) is 2.80. The maximum Gasteiger partial charge on any atom is -0.00818 e. The van der Waals surface area contributed by atoms with Crippen molar-refractivity contribution in [3.8, 4) is 0 Å². The van der Waals surface area contributed by atoms with Crippen molar-refractivity contribution in [1.82, 2.24) is 0 Å².